The Hall–Kier alpha value is -5.40. The van der Waals surface area contributed by atoms with Crippen LogP contribution in [0.25, 0.3) is 22.0 Å². The standard InChI is InChI=1S/C42H46ClN5O7/c1-55-38-22-34(33(43)21-27(38)23-45-24-37(50)31-16-18-36(49)41-32(31)17-19-40(52)47-41)46-39(51)9-5-6-25-10-15-30(26-7-3-2-4-8-26)35(20-25)48(42(53)54)29-13-11-28(44)12-14-29/h2-4,7-8,10,15-22,28-29,37,45,49-50H,5-6,9,11-14,23-24,44H2,1H3,(H,46,51)(H,47,52)(H,53,54)/t28-,29-,37-/m0/s1. The second kappa shape index (κ2) is 17.8. The number of aryl methyl sites for hydroxylation is 1. The number of hydrogen-bond acceptors (Lipinski definition) is 8. The van der Waals surface area contributed by atoms with Gasteiger partial charge in [0.25, 0.3) is 0 Å². The molecule has 0 radical (unpaired) electrons. The van der Waals surface area contributed by atoms with Gasteiger partial charge in [-0.1, -0.05) is 60.1 Å². The molecular formula is C42H46ClN5O7. The number of H-pyrrole nitrogens is 1. The highest BCUT2D eigenvalue weighted by atomic mass is 35.5. The fraction of sp³-hybridized carbons (Fsp3) is 0.310. The number of aromatic amines is 1. The van der Waals surface area contributed by atoms with E-state index in [0.717, 1.165) is 29.5 Å². The molecule has 5 aromatic rings. The number of carboxylic acid groups (broad SMARTS) is 1. The summed E-state index contributed by atoms with van der Waals surface area (Å²) in [5.41, 5.74) is 11.0. The third-order valence-electron chi connectivity index (χ3n) is 10.2. The highest BCUT2D eigenvalue weighted by molar-refractivity contribution is 6.33. The zero-order valence-electron chi connectivity index (χ0n) is 30.6. The van der Waals surface area contributed by atoms with Gasteiger partial charge in [-0.05, 0) is 79.5 Å². The van der Waals surface area contributed by atoms with Gasteiger partial charge in [-0.15, -0.1) is 0 Å². The van der Waals surface area contributed by atoms with E-state index < -0.39 is 12.2 Å². The lowest BCUT2D eigenvalue weighted by Gasteiger charge is -2.35. The normalized spacial score (nSPS) is 16.1. The van der Waals surface area contributed by atoms with E-state index in [9.17, 15) is 29.7 Å². The fourth-order valence-corrected chi connectivity index (χ4v) is 7.53. The molecule has 12 nitrogen and oxygen atoms in total. The summed E-state index contributed by atoms with van der Waals surface area (Å²) in [6.45, 7) is 0.442. The second-order valence-corrected chi connectivity index (χ2v) is 14.3. The predicted molar refractivity (Wildman–Crippen MR) is 215 cm³/mol. The number of ether oxygens (including phenoxy) is 1. The molecule has 0 bridgehead atoms. The minimum atomic E-state index is -0.997. The summed E-state index contributed by atoms with van der Waals surface area (Å²) in [5, 5.41) is 38.5. The van der Waals surface area contributed by atoms with Gasteiger partial charge in [0.1, 0.15) is 11.5 Å². The van der Waals surface area contributed by atoms with Crippen molar-refractivity contribution in [2.24, 2.45) is 5.73 Å². The van der Waals surface area contributed by atoms with Crippen LogP contribution in [0.15, 0.2) is 89.7 Å². The number of benzene rings is 4. The lowest BCUT2D eigenvalue weighted by atomic mass is 9.89. The van der Waals surface area contributed by atoms with Crippen molar-refractivity contribution in [2.75, 3.05) is 23.9 Å². The number of hydrogen-bond donors (Lipinski definition) is 7. The minimum Gasteiger partial charge on any atom is -0.506 e. The number of rotatable bonds is 14. The summed E-state index contributed by atoms with van der Waals surface area (Å²) >= 11 is 6.61. The Balaban J connectivity index is 1.08. The summed E-state index contributed by atoms with van der Waals surface area (Å²) in [6, 6.07) is 24.8. The summed E-state index contributed by atoms with van der Waals surface area (Å²) in [7, 11) is 1.52. The number of aromatic hydroxyl groups is 1. The zero-order valence-corrected chi connectivity index (χ0v) is 31.3. The molecule has 1 atom stereocenters. The summed E-state index contributed by atoms with van der Waals surface area (Å²) in [4.78, 5) is 41.7. The Morgan fingerprint density at radius 3 is 2.51 bits per heavy atom. The van der Waals surface area contributed by atoms with Crippen LogP contribution in [-0.4, -0.2) is 58.0 Å². The van der Waals surface area contributed by atoms with E-state index in [0.29, 0.717) is 70.9 Å². The number of amides is 2. The van der Waals surface area contributed by atoms with Crippen LogP contribution < -0.4 is 31.6 Å². The topological polar surface area (TPSA) is 190 Å². The maximum atomic E-state index is 13.1. The number of anilines is 2. The van der Waals surface area contributed by atoms with Crippen molar-refractivity contribution in [3.05, 3.63) is 117 Å². The maximum Gasteiger partial charge on any atom is 0.412 e. The number of nitrogens with two attached hydrogens (primary N) is 1. The number of pyridine rings is 1. The number of aliphatic hydroxyl groups is 1. The molecule has 0 spiro atoms. The number of methoxy groups -OCH3 is 1. The molecule has 2 amide bonds. The van der Waals surface area contributed by atoms with Crippen LogP contribution in [0.3, 0.4) is 0 Å². The van der Waals surface area contributed by atoms with Gasteiger partial charge in [-0.3, -0.25) is 14.5 Å². The smallest absolute Gasteiger partial charge is 0.412 e. The van der Waals surface area contributed by atoms with E-state index in [1.54, 1.807) is 24.3 Å². The molecule has 0 aliphatic heterocycles. The van der Waals surface area contributed by atoms with Crippen molar-refractivity contribution in [3.63, 3.8) is 0 Å². The van der Waals surface area contributed by atoms with Crippen LogP contribution >= 0.6 is 11.6 Å². The lowest BCUT2D eigenvalue weighted by molar-refractivity contribution is -0.116. The van der Waals surface area contributed by atoms with Crippen LogP contribution in [0.4, 0.5) is 16.2 Å². The third-order valence-corrected chi connectivity index (χ3v) is 10.5. The summed E-state index contributed by atoms with van der Waals surface area (Å²) < 4.78 is 5.60. The van der Waals surface area contributed by atoms with Crippen LogP contribution in [-0.2, 0) is 17.8 Å². The van der Waals surface area contributed by atoms with E-state index in [1.165, 1.54) is 24.1 Å². The number of fused-ring (bicyclic) bond motifs is 1. The van der Waals surface area contributed by atoms with Crippen LogP contribution in [0.5, 0.6) is 11.5 Å². The van der Waals surface area contributed by atoms with Gasteiger partial charge >= 0.3 is 6.09 Å². The minimum absolute atomic E-state index is 0.0868. The average Bonchev–Trinajstić information content (AvgIpc) is 3.17. The van der Waals surface area contributed by atoms with Gasteiger partial charge in [0.05, 0.1) is 35.1 Å². The zero-order chi connectivity index (χ0) is 39.1. The molecule has 1 fully saturated rings. The second-order valence-electron chi connectivity index (χ2n) is 13.9. The molecule has 1 aliphatic rings. The number of nitrogens with one attached hydrogen (secondary N) is 3. The summed E-state index contributed by atoms with van der Waals surface area (Å²) in [6.07, 6.45) is 2.28. The quantitative estimate of drug-likeness (QED) is 0.0618. The molecule has 8 N–H and O–H groups in total. The Morgan fingerprint density at radius 1 is 1.02 bits per heavy atom. The number of nitrogens with zero attached hydrogens (tertiary/aromatic N) is 1. The van der Waals surface area contributed by atoms with Crippen molar-refractivity contribution in [3.8, 4) is 22.6 Å². The first-order valence-corrected chi connectivity index (χ1v) is 18.8. The van der Waals surface area contributed by atoms with Gasteiger partial charge < -0.3 is 41.4 Å². The Labute approximate surface area is 323 Å². The first-order chi connectivity index (χ1) is 26.5. The highest BCUT2D eigenvalue weighted by Crippen LogP contribution is 2.37. The Bertz CT molecular complexity index is 2200. The van der Waals surface area contributed by atoms with Crippen LogP contribution in [0, 0.1) is 0 Å². The van der Waals surface area contributed by atoms with Gasteiger partial charge in [0.15, 0.2) is 0 Å². The van der Waals surface area contributed by atoms with E-state index in [-0.39, 0.29) is 47.8 Å². The molecule has 13 heteroatoms. The van der Waals surface area contributed by atoms with Gasteiger partial charge in [-0.2, -0.15) is 0 Å². The van der Waals surface area contributed by atoms with Gasteiger partial charge in [0, 0.05) is 60.2 Å². The Morgan fingerprint density at radius 2 is 1.78 bits per heavy atom. The molecule has 6 rings (SSSR count). The molecule has 0 saturated heterocycles. The number of halogens is 1. The number of phenols is 1. The monoisotopic (exact) mass is 767 g/mol. The van der Waals surface area contributed by atoms with Gasteiger partial charge in [-0.25, -0.2) is 4.79 Å². The molecule has 1 aliphatic carbocycles. The first kappa shape index (κ1) is 39.3. The van der Waals surface area contributed by atoms with Crippen LogP contribution in [0.2, 0.25) is 5.02 Å². The van der Waals surface area contributed by atoms with Crippen molar-refractivity contribution in [2.45, 2.75) is 69.7 Å². The number of carbonyl (C=O) groups excluding carboxylic acids is 1. The molecule has 4 aromatic carbocycles. The lowest BCUT2D eigenvalue weighted by Crippen LogP contribution is -2.44. The van der Waals surface area contributed by atoms with Crippen LogP contribution in [0.1, 0.15) is 61.3 Å². The van der Waals surface area contributed by atoms with Crippen molar-refractivity contribution < 1.29 is 29.6 Å². The highest BCUT2D eigenvalue weighted by Gasteiger charge is 2.31. The van der Waals surface area contributed by atoms with E-state index >= 15 is 0 Å². The molecule has 55 heavy (non-hydrogen) atoms. The number of aliphatic hydroxyl groups excluding tert-OH is 1. The van der Waals surface area contributed by atoms with Crippen molar-refractivity contribution in [1.82, 2.24) is 10.3 Å². The van der Waals surface area contributed by atoms with Crippen molar-refractivity contribution >= 4 is 45.9 Å². The molecule has 1 saturated carbocycles. The van der Waals surface area contributed by atoms with E-state index in [1.807, 2.05) is 48.5 Å². The SMILES string of the molecule is COc1cc(NC(=O)CCCc2ccc(-c3ccccc3)c(N(C(=O)O)[C@H]3CC[C@H](N)CC3)c2)c(Cl)cc1CNC[C@H](O)c1ccc(O)c2[nH]c(=O)ccc12. The van der Waals surface area contributed by atoms with Crippen molar-refractivity contribution in [1.29, 1.82) is 0 Å². The third kappa shape index (κ3) is 9.46. The maximum absolute atomic E-state index is 13.1. The molecule has 1 aromatic heterocycles. The largest absolute Gasteiger partial charge is 0.506 e. The number of aromatic nitrogens is 1. The average molecular weight is 768 g/mol. The number of phenolic OH excluding ortho intramolecular Hbond substituents is 1. The Kier molecular flexibility index (Phi) is 12.7. The van der Waals surface area contributed by atoms with Gasteiger partial charge in [0.2, 0.25) is 11.5 Å². The summed E-state index contributed by atoms with van der Waals surface area (Å²) in [5.74, 6) is 0.173. The number of carbonyl (C=O) groups is 2. The molecule has 0 unspecified atom stereocenters. The molecule has 1 heterocycles. The van der Waals surface area contributed by atoms with E-state index in [4.69, 9.17) is 22.1 Å². The first-order valence-electron chi connectivity index (χ1n) is 18.4. The molecular weight excluding hydrogens is 722 g/mol. The molecule has 288 valence electrons. The predicted octanol–water partition coefficient (Wildman–Crippen LogP) is 7.10. The fourth-order valence-electron chi connectivity index (χ4n) is 7.30. The van der Waals surface area contributed by atoms with E-state index in [2.05, 4.69) is 15.6 Å².